The summed E-state index contributed by atoms with van der Waals surface area (Å²) in [6.45, 7) is 2.19. The van der Waals surface area contributed by atoms with E-state index in [1.165, 1.54) is 26.4 Å². The molecule has 1 aromatic carbocycles. The Morgan fingerprint density at radius 1 is 1.28 bits per heavy atom. The van der Waals surface area contributed by atoms with Crippen molar-refractivity contribution in [1.29, 1.82) is 0 Å². The predicted octanol–water partition coefficient (Wildman–Crippen LogP) is 1.86. The number of halogens is 1. The molecule has 138 valence electrons. The van der Waals surface area contributed by atoms with Crippen LogP contribution < -0.4 is 14.8 Å². The van der Waals surface area contributed by atoms with Gasteiger partial charge in [0.25, 0.3) is 11.6 Å². The van der Waals surface area contributed by atoms with Crippen LogP contribution in [-0.4, -0.2) is 55.6 Å². The number of nitrogens with zero attached hydrogens (tertiary/aromatic N) is 2. The van der Waals surface area contributed by atoms with Gasteiger partial charge in [-0.1, -0.05) is 0 Å². The molecule has 25 heavy (non-hydrogen) atoms. The summed E-state index contributed by atoms with van der Waals surface area (Å²) in [5.41, 5.74) is -0.216. The fourth-order valence-corrected chi connectivity index (χ4v) is 3.59. The fraction of sp³-hybridized carbons (Fsp3) is 0.562. The number of fused-ring (bicyclic) bond motifs is 1. The van der Waals surface area contributed by atoms with Gasteiger partial charge in [-0.3, -0.25) is 14.9 Å². The molecule has 1 N–H and O–H groups in total. The second-order valence-corrected chi connectivity index (χ2v) is 6.13. The highest BCUT2D eigenvalue weighted by molar-refractivity contribution is 5.99. The number of hydrogen-bond acceptors (Lipinski definition) is 6. The summed E-state index contributed by atoms with van der Waals surface area (Å²) in [5, 5.41) is 14.8. The van der Waals surface area contributed by atoms with Gasteiger partial charge in [-0.25, -0.2) is 0 Å². The average molecular weight is 372 g/mol. The summed E-state index contributed by atoms with van der Waals surface area (Å²) in [7, 11) is 2.84. The maximum atomic E-state index is 12.9. The number of nitro benzene ring substituents is 1. The highest BCUT2D eigenvalue weighted by Gasteiger charge is 2.36. The molecule has 9 heteroatoms. The molecule has 0 aliphatic carbocycles. The highest BCUT2D eigenvalue weighted by atomic mass is 35.5. The van der Waals surface area contributed by atoms with Gasteiger partial charge in [0.05, 0.1) is 25.2 Å². The van der Waals surface area contributed by atoms with Crippen molar-refractivity contribution in [2.75, 3.05) is 33.9 Å². The smallest absolute Gasteiger partial charge is 0.286 e. The van der Waals surface area contributed by atoms with Crippen molar-refractivity contribution in [3.05, 3.63) is 27.8 Å². The van der Waals surface area contributed by atoms with Crippen LogP contribution in [0.4, 0.5) is 5.69 Å². The summed E-state index contributed by atoms with van der Waals surface area (Å²) >= 11 is 0. The Kier molecular flexibility index (Phi) is 6.07. The number of piperidine rings is 1. The molecule has 3 rings (SSSR count). The third-order valence-electron chi connectivity index (χ3n) is 4.87. The molecule has 2 saturated heterocycles. The maximum Gasteiger partial charge on any atom is 0.286 e. The minimum absolute atomic E-state index is 0. The Labute approximate surface area is 152 Å². The first kappa shape index (κ1) is 19.3. The van der Waals surface area contributed by atoms with E-state index in [-0.39, 0.29) is 35.3 Å². The number of nitrogens with one attached hydrogen (secondary N) is 1. The van der Waals surface area contributed by atoms with Gasteiger partial charge in [-0.15, -0.1) is 12.4 Å². The Hall–Kier alpha value is -2.06. The zero-order chi connectivity index (χ0) is 17.3. The molecule has 2 aliphatic rings. The predicted molar refractivity (Wildman–Crippen MR) is 93.9 cm³/mol. The van der Waals surface area contributed by atoms with E-state index in [0.717, 1.165) is 19.4 Å². The topological polar surface area (TPSA) is 93.9 Å². The lowest BCUT2D eigenvalue weighted by atomic mass is 9.93. The standard InChI is InChI=1S/C16H21N3O5.ClH/c1-23-14-7-11(13(19(21)22)8-15(14)24-2)16(20)18-6-4-12-10(9-18)3-5-17-12;/h7-8,10,12,17H,3-6,9H2,1-2H3;1H. The Balaban J connectivity index is 0.00000225. The summed E-state index contributed by atoms with van der Waals surface area (Å²) < 4.78 is 10.3. The molecule has 0 aromatic heterocycles. The number of methoxy groups -OCH3 is 2. The molecule has 0 radical (unpaired) electrons. The van der Waals surface area contributed by atoms with Gasteiger partial charge < -0.3 is 19.7 Å². The van der Waals surface area contributed by atoms with Gasteiger partial charge in [0.1, 0.15) is 5.56 Å². The molecule has 1 aromatic rings. The first-order valence-electron chi connectivity index (χ1n) is 7.98. The third kappa shape index (κ3) is 3.64. The minimum atomic E-state index is -0.556. The molecular weight excluding hydrogens is 350 g/mol. The number of ether oxygens (including phenoxy) is 2. The zero-order valence-corrected chi connectivity index (χ0v) is 15.0. The van der Waals surface area contributed by atoms with Crippen LogP contribution in [-0.2, 0) is 0 Å². The molecule has 1 amide bonds. The Morgan fingerprint density at radius 3 is 2.60 bits per heavy atom. The minimum Gasteiger partial charge on any atom is -0.493 e. The van der Waals surface area contributed by atoms with E-state index in [1.54, 1.807) is 4.90 Å². The Bertz CT molecular complexity index is 669. The molecular formula is C16H22ClN3O5. The van der Waals surface area contributed by atoms with Crippen LogP contribution in [0.25, 0.3) is 0 Å². The number of benzene rings is 1. The number of likely N-dealkylation sites (tertiary alicyclic amines) is 1. The van der Waals surface area contributed by atoms with E-state index < -0.39 is 4.92 Å². The SMILES string of the molecule is COc1cc(C(=O)N2CCC3NCCC3C2)c([N+](=O)[O-])cc1OC.Cl. The third-order valence-corrected chi connectivity index (χ3v) is 4.87. The first-order chi connectivity index (χ1) is 11.5. The van der Waals surface area contributed by atoms with E-state index in [9.17, 15) is 14.9 Å². The van der Waals surface area contributed by atoms with Crippen molar-refractivity contribution in [1.82, 2.24) is 10.2 Å². The van der Waals surface area contributed by atoms with Gasteiger partial charge in [0.2, 0.25) is 0 Å². The van der Waals surface area contributed by atoms with Crippen LogP contribution in [0, 0.1) is 16.0 Å². The van der Waals surface area contributed by atoms with Gasteiger partial charge in [-0.05, 0) is 25.3 Å². The van der Waals surface area contributed by atoms with Crippen LogP contribution in [0.15, 0.2) is 12.1 Å². The second kappa shape index (κ2) is 7.88. The molecule has 2 aliphatic heterocycles. The van der Waals surface area contributed by atoms with Gasteiger partial charge in [0, 0.05) is 25.2 Å². The molecule has 0 saturated carbocycles. The largest absolute Gasteiger partial charge is 0.493 e. The van der Waals surface area contributed by atoms with E-state index in [2.05, 4.69) is 5.32 Å². The molecule has 2 heterocycles. The molecule has 8 nitrogen and oxygen atoms in total. The zero-order valence-electron chi connectivity index (χ0n) is 14.2. The number of carbonyl (C=O) groups is 1. The van der Waals surface area contributed by atoms with Crippen molar-refractivity contribution in [3.63, 3.8) is 0 Å². The summed E-state index contributed by atoms with van der Waals surface area (Å²) in [6.07, 6.45) is 1.90. The van der Waals surface area contributed by atoms with Crippen LogP contribution in [0.3, 0.4) is 0 Å². The number of carbonyl (C=O) groups excluding carboxylic acids is 1. The van der Waals surface area contributed by atoms with Crippen molar-refractivity contribution < 1.29 is 19.2 Å². The summed E-state index contributed by atoms with van der Waals surface area (Å²) in [5.74, 6) is 0.637. The monoisotopic (exact) mass is 371 g/mol. The molecule has 2 unspecified atom stereocenters. The summed E-state index contributed by atoms with van der Waals surface area (Å²) in [6, 6.07) is 3.10. The lowest BCUT2D eigenvalue weighted by Gasteiger charge is -2.34. The Morgan fingerprint density at radius 2 is 1.96 bits per heavy atom. The van der Waals surface area contributed by atoms with E-state index in [1.807, 2.05) is 0 Å². The van der Waals surface area contributed by atoms with E-state index in [0.29, 0.717) is 30.8 Å². The number of rotatable bonds is 4. The maximum absolute atomic E-state index is 12.9. The van der Waals surface area contributed by atoms with E-state index >= 15 is 0 Å². The number of hydrogen-bond donors (Lipinski definition) is 1. The summed E-state index contributed by atoms with van der Waals surface area (Å²) in [4.78, 5) is 25.4. The molecule has 2 atom stereocenters. The first-order valence-corrected chi connectivity index (χ1v) is 7.98. The molecule has 0 spiro atoms. The van der Waals surface area contributed by atoms with Crippen LogP contribution in [0.1, 0.15) is 23.2 Å². The lowest BCUT2D eigenvalue weighted by Crippen LogP contribution is -2.47. The molecule has 0 bridgehead atoms. The normalized spacial score (nSPS) is 21.9. The number of amides is 1. The molecule has 2 fully saturated rings. The van der Waals surface area contributed by atoms with Crippen molar-refractivity contribution in [2.45, 2.75) is 18.9 Å². The van der Waals surface area contributed by atoms with Gasteiger partial charge in [0.15, 0.2) is 11.5 Å². The number of nitro groups is 1. The lowest BCUT2D eigenvalue weighted by molar-refractivity contribution is -0.385. The second-order valence-electron chi connectivity index (χ2n) is 6.13. The van der Waals surface area contributed by atoms with Gasteiger partial charge >= 0.3 is 0 Å². The quantitative estimate of drug-likeness (QED) is 0.641. The van der Waals surface area contributed by atoms with Crippen LogP contribution >= 0.6 is 12.4 Å². The van der Waals surface area contributed by atoms with Crippen molar-refractivity contribution in [3.8, 4) is 11.5 Å². The van der Waals surface area contributed by atoms with Crippen LogP contribution in [0.5, 0.6) is 11.5 Å². The van der Waals surface area contributed by atoms with Crippen molar-refractivity contribution in [2.24, 2.45) is 5.92 Å². The fourth-order valence-electron chi connectivity index (χ4n) is 3.59. The average Bonchev–Trinajstić information content (AvgIpc) is 3.07. The highest BCUT2D eigenvalue weighted by Crippen LogP contribution is 2.36. The van der Waals surface area contributed by atoms with Crippen molar-refractivity contribution >= 4 is 24.0 Å². The van der Waals surface area contributed by atoms with E-state index in [4.69, 9.17) is 9.47 Å². The van der Waals surface area contributed by atoms with Crippen LogP contribution in [0.2, 0.25) is 0 Å². The van der Waals surface area contributed by atoms with Gasteiger partial charge in [-0.2, -0.15) is 0 Å².